The van der Waals surface area contributed by atoms with Gasteiger partial charge >= 0.3 is 0 Å². The number of amides is 1. The van der Waals surface area contributed by atoms with Crippen molar-refractivity contribution in [3.63, 3.8) is 0 Å². The standard InChI is InChI=1S/C21H16ClN3O3S/c1-2-27-17-8-3-5-13-11-16(19(26)25-21-23-9-10-29-21)20(28-18(13)17)24-15-7-4-6-14(22)12-15/h3-12H,2H2,1H3,(H,23,25,26). The maximum atomic E-state index is 12.9. The lowest BCUT2D eigenvalue weighted by atomic mass is 10.1. The number of nitrogens with zero attached hydrogens (tertiary/aromatic N) is 2. The van der Waals surface area contributed by atoms with Gasteiger partial charge in [-0.1, -0.05) is 29.8 Å². The number of hydrogen-bond donors (Lipinski definition) is 1. The fourth-order valence-corrected chi connectivity index (χ4v) is 3.46. The molecule has 6 nitrogen and oxygen atoms in total. The summed E-state index contributed by atoms with van der Waals surface area (Å²) in [5.74, 6) is 0.215. The highest BCUT2D eigenvalue weighted by atomic mass is 35.5. The number of carbonyl (C=O) groups excluding carboxylic acids is 1. The number of anilines is 1. The first-order chi connectivity index (χ1) is 14.1. The maximum Gasteiger partial charge on any atom is 0.262 e. The second-order valence-electron chi connectivity index (χ2n) is 5.96. The summed E-state index contributed by atoms with van der Waals surface area (Å²) in [6, 6.07) is 14.2. The molecule has 0 aliphatic carbocycles. The van der Waals surface area contributed by atoms with Crippen molar-refractivity contribution in [1.29, 1.82) is 0 Å². The summed E-state index contributed by atoms with van der Waals surface area (Å²) in [4.78, 5) is 21.5. The number of nitrogens with one attached hydrogen (secondary N) is 1. The van der Waals surface area contributed by atoms with E-state index in [1.165, 1.54) is 11.3 Å². The highest BCUT2D eigenvalue weighted by Gasteiger charge is 2.16. The minimum absolute atomic E-state index is 0.154. The number of rotatable bonds is 5. The molecule has 8 heteroatoms. The fraction of sp³-hybridized carbons (Fsp3) is 0.0952. The number of halogens is 1. The van der Waals surface area contributed by atoms with E-state index in [4.69, 9.17) is 20.8 Å². The predicted molar refractivity (Wildman–Crippen MR) is 114 cm³/mol. The van der Waals surface area contributed by atoms with Gasteiger partial charge in [-0.2, -0.15) is 0 Å². The molecule has 0 radical (unpaired) electrons. The molecule has 0 bridgehead atoms. The van der Waals surface area contributed by atoms with E-state index < -0.39 is 0 Å². The molecule has 1 amide bonds. The van der Waals surface area contributed by atoms with Gasteiger partial charge in [0, 0.05) is 22.0 Å². The van der Waals surface area contributed by atoms with Crippen LogP contribution in [0.15, 0.2) is 69.5 Å². The lowest BCUT2D eigenvalue weighted by Gasteiger charge is -2.09. The summed E-state index contributed by atoms with van der Waals surface area (Å²) in [5, 5.41) is 6.31. The van der Waals surface area contributed by atoms with Crippen LogP contribution >= 0.6 is 22.9 Å². The minimum atomic E-state index is -0.367. The van der Waals surface area contributed by atoms with Gasteiger partial charge < -0.3 is 9.15 Å². The normalized spacial score (nSPS) is 11.6. The van der Waals surface area contributed by atoms with E-state index in [-0.39, 0.29) is 17.0 Å². The van der Waals surface area contributed by atoms with Crippen LogP contribution < -0.4 is 15.6 Å². The molecule has 0 saturated carbocycles. The van der Waals surface area contributed by atoms with Crippen molar-refractivity contribution >= 4 is 50.6 Å². The molecule has 4 rings (SSSR count). The second-order valence-corrected chi connectivity index (χ2v) is 7.29. The Hall–Kier alpha value is -3.16. The zero-order chi connectivity index (χ0) is 20.2. The first-order valence-corrected chi connectivity index (χ1v) is 10.1. The zero-order valence-electron chi connectivity index (χ0n) is 15.4. The smallest absolute Gasteiger partial charge is 0.262 e. The van der Waals surface area contributed by atoms with Crippen molar-refractivity contribution in [3.8, 4) is 5.75 Å². The van der Waals surface area contributed by atoms with Crippen molar-refractivity contribution < 1.29 is 13.9 Å². The van der Waals surface area contributed by atoms with Crippen LogP contribution in [0.5, 0.6) is 5.75 Å². The Kier molecular flexibility index (Phi) is 5.59. The van der Waals surface area contributed by atoms with E-state index in [0.29, 0.717) is 33.8 Å². The quantitative estimate of drug-likeness (QED) is 0.462. The number of para-hydroxylation sites is 1. The highest BCUT2D eigenvalue weighted by Crippen LogP contribution is 2.26. The Morgan fingerprint density at radius 2 is 2.14 bits per heavy atom. The Morgan fingerprint density at radius 1 is 1.28 bits per heavy atom. The van der Waals surface area contributed by atoms with E-state index >= 15 is 0 Å². The highest BCUT2D eigenvalue weighted by molar-refractivity contribution is 7.13. The number of hydrogen-bond acceptors (Lipinski definition) is 6. The van der Waals surface area contributed by atoms with E-state index in [0.717, 1.165) is 5.39 Å². The van der Waals surface area contributed by atoms with Gasteiger partial charge in [-0.15, -0.1) is 11.3 Å². The van der Waals surface area contributed by atoms with Crippen molar-refractivity contribution in [1.82, 2.24) is 4.98 Å². The topological polar surface area (TPSA) is 76.7 Å². The van der Waals surface area contributed by atoms with Gasteiger partial charge in [-0.25, -0.2) is 9.98 Å². The minimum Gasteiger partial charge on any atom is -0.490 e. The lowest BCUT2D eigenvalue weighted by molar-refractivity contribution is 0.102. The average molecular weight is 426 g/mol. The van der Waals surface area contributed by atoms with E-state index in [9.17, 15) is 4.79 Å². The average Bonchev–Trinajstić information content (AvgIpc) is 3.21. The molecule has 2 aromatic heterocycles. The van der Waals surface area contributed by atoms with Gasteiger partial charge in [0.2, 0.25) is 5.55 Å². The Balaban J connectivity index is 1.91. The first-order valence-electron chi connectivity index (χ1n) is 8.85. The van der Waals surface area contributed by atoms with Crippen molar-refractivity contribution in [2.75, 3.05) is 11.9 Å². The third kappa shape index (κ3) is 4.31. The summed E-state index contributed by atoms with van der Waals surface area (Å²) in [6.07, 6.45) is 1.62. The summed E-state index contributed by atoms with van der Waals surface area (Å²) < 4.78 is 11.7. The van der Waals surface area contributed by atoms with Gasteiger partial charge in [0.25, 0.3) is 5.91 Å². The summed E-state index contributed by atoms with van der Waals surface area (Å²) in [5.41, 5.74) is 1.51. The van der Waals surface area contributed by atoms with Crippen LogP contribution in [0.25, 0.3) is 11.0 Å². The van der Waals surface area contributed by atoms with Crippen molar-refractivity contribution in [2.24, 2.45) is 4.99 Å². The molecule has 2 aromatic carbocycles. The van der Waals surface area contributed by atoms with Gasteiger partial charge in [0.15, 0.2) is 16.5 Å². The zero-order valence-corrected chi connectivity index (χ0v) is 17.0. The van der Waals surface area contributed by atoms with E-state index in [1.54, 1.807) is 41.9 Å². The first kappa shape index (κ1) is 19.2. The van der Waals surface area contributed by atoms with Crippen LogP contribution in [0, 0.1) is 0 Å². The number of benzene rings is 2. The van der Waals surface area contributed by atoms with E-state index in [1.807, 2.05) is 25.1 Å². The van der Waals surface area contributed by atoms with Gasteiger partial charge in [0.1, 0.15) is 5.56 Å². The molecule has 4 aromatic rings. The monoisotopic (exact) mass is 425 g/mol. The lowest BCUT2D eigenvalue weighted by Crippen LogP contribution is -2.21. The molecule has 29 heavy (non-hydrogen) atoms. The SMILES string of the molecule is CCOc1cccc2cc(C(=O)Nc3nccs3)c(=Nc3cccc(Cl)c3)oc12. The molecule has 0 aliphatic rings. The Labute approximate surface area is 175 Å². The second kappa shape index (κ2) is 8.46. The fourth-order valence-electron chi connectivity index (χ4n) is 2.75. The summed E-state index contributed by atoms with van der Waals surface area (Å²) in [7, 11) is 0. The third-order valence-electron chi connectivity index (χ3n) is 3.97. The maximum absolute atomic E-state index is 12.9. The predicted octanol–water partition coefficient (Wildman–Crippen LogP) is 5.43. The summed E-state index contributed by atoms with van der Waals surface area (Å²) >= 11 is 7.40. The van der Waals surface area contributed by atoms with Gasteiger partial charge in [-0.05, 0) is 37.3 Å². The van der Waals surface area contributed by atoms with Crippen molar-refractivity contribution in [2.45, 2.75) is 6.92 Å². The number of thiazole rings is 1. The molecule has 0 atom stereocenters. The van der Waals surface area contributed by atoms with Crippen LogP contribution in [0.2, 0.25) is 5.02 Å². The van der Waals surface area contributed by atoms with Crippen LogP contribution in [0.4, 0.5) is 10.8 Å². The van der Waals surface area contributed by atoms with Crippen LogP contribution in [-0.2, 0) is 0 Å². The van der Waals surface area contributed by atoms with E-state index in [2.05, 4.69) is 15.3 Å². The Morgan fingerprint density at radius 3 is 2.90 bits per heavy atom. The number of fused-ring (bicyclic) bond motifs is 1. The van der Waals surface area contributed by atoms with Gasteiger partial charge in [0.05, 0.1) is 12.3 Å². The molecule has 0 aliphatic heterocycles. The molecular formula is C21H16ClN3O3S. The summed E-state index contributed by atoms with van der Waals surface area (Å²) in [6.45, 7) is 2.38. The van der Waals surface area contributed by atoms with Crippen LogP contribution in [0.1, 0.15) is 17.3 Å². The molecule has 1 N–H and O–H groups in total. The molecule has 0 spiro atoms. The number of ether oxygens (including phenoxy) is 1. The molecule has 2 heterocycles. The Bertz CT molecular complexity index is 1240. The number of carbonyl (C=O) groups is 1. The largest absolute Gasteiger partial charge is 0.490 e. The molecule has 0 unspecified atom stereocenters. The third-order valence-corrected chi connectivity index (χ3v) is 4.90. The van der Waals surface area contributed by atoms with Crippen LogP contribution in [-0.4, -0.2) is 17.5 Å². The number of aromatic nitrogens is 1. The molecular weight excluding hydrogens is 410 g/mol. The molecule has 0 saturated heterocycles. The van der Waals surface area contributed by atoms with Gasteiger partial charge in [-0.3, -0.25) is 10.1 Å². The van der Waals surface area contributed by atoms with Crippen LogP contribution in [0.3, 0.4) is 0 Å². The van der Waals surface area contributed by atoms with Crippen molar-refractivity contribution in [3.05, 3.63) is 76.2 Å². The molecule has 0 fully saturated rings. The molecule has 146 valence electrons.